The third kappa shape index (κ3) is 5.15. The molecule has 1 rings (SSSR count). The summed E-state index contributed by atoms with van der Waals surface area (Å²) in [5.41, 5.74) is 0.675. The van der Waals surface area contributed by atoms with Gasteiger partial charge in [-0.1, -0.05) is 0 Å². The first-order valence-electron chi connectivity index (χ1n) is 6.98. The van der Waals surface area contributed by atoms with Gasteiger partial charge in [0.2, 0.25) is 0 Å². The summed E-state index contributed by atoms with van der Waals surface area (Å²) in [6, 6.07) is 0. The number of thiophene rings is 1. The van der Waals surface area contributed by atoms with E-state index in [1.54, 1.807) is 20.8 Å². The minimum atomic E-state index is -0.566. The molecule has 23 heavy (non-hydrogen) atoms. The highest BCUT2D eigenvalue weighted by Crippen LogP contribution is 2.34. The first kappa shape index (κ1) is 19.3. The summed E-state index contributed by atoms with van der Waals surface area (Å²) < 4.78 is 15.1. The predicted octanol–water partition coefficient (Wildman–Crippen LogP) is 2.12. The van der Waals surface area contributed by atoms with E-state index in [0.29, 0.717) is 15.4 Å². The van der Waals surface area contributed by atoms with E-state index in [4.69, 9.17) is 31.5 Å². The first-order chi connectivity index (χ1) is 11.0. The van der Waals surface area contributed by atoms with Crippen LogP contribution in [0.2, 0.25) is 0 Å². The van der Waals surface area contributed by atoms with Crippen LogP contribution in [-0.2, 0) is 14.2 Å². The molecule has 1 aromatic heterocycles. The SMILES string of the molecule is CCOC(=O)c1sc(NC(=S)OCCO)c(C(=O)OCC)c1C. The molecule has 0 amide bonds. The second-order valence-electron chi connectivity index (χ2n) is 4.19. The smallest absolute Gasteiger partial charge is 0.348 e. The van der Waals surface area contributed by atoms with Crippen LogP contribution in [0.4, 0.5) is 5.00 Å². The molecule has 7 nitrogen and oxygen atoms in total. The van der Waals surface area contributed by atoms with Crippen molar-refractivity contribution in [2.24, 2.45) is 0 Å². The number of aliphatic hydroxyl groups excluding tert-OH is 1. The van der Waals surface area contributed by atoms with Gasteiger partial charge in [0.25, 0.3) is 5.17 Å². The number of carbonyl (C=O) groups excluding carboxylic acids is 2. The normalized spacial score (nSPS) is 10.1. The molecule has 1 aromatic rings. The standard InChI is InChI=1S/C14H19NO6S2/c1-4-19-12(17)9-8(3)10(13(18)20-5-2)23-11(9)15-14(22)21-7-6-16/h16H,4-7H2,1-3H3,(H,15,22). The van der Waals surface area contributed by atoms with Crippen molar-refractivity contribution in [3.63, 3.8) is 0 Å². The zero-order valence-corrected chi connectivity index (χ0v) is 14.8. The molecule has 1 heterocycles. The summed E-state index contributed by atoms with van der Waals surface area (Å²) in [5.74, 6) is -1.08. The van der Waals surface area contributed by atoms with E-state index in [2.05, 4.69) is 5.32 Å². The van der Waals surface area contributed by atoms with Gasteiger partial charge in [0.1, 0.15) is 16.5 Å². The largest absolute Gasteiger partial charge is 0.468 e. The molecule has 0 aliphatic heterocycles. The topological polar surface area (TPSA) is 94.1 Å². The Hall–Kier alpha value is -1.71. The minimum Gasteiger partial charge on any atom is -0.468 e. The summed E-state index contributed by atoms with van der Waals surface area (Å²) >= 11 is 6.01. The number of thiocarbonyl (C=S) groups is 1. The van der Waals surface area contributed by atoms with Crippen molar-refractivity contribution in [1.29, 1.82) is 0 Å². The lowest BCUT2D eigenvalue weighted by Crippen LogP contribution is -2.17. The van der Waals surface area contributed by atoms with Crippen LogP contribution in [0.25, 0.3) is 0 Å². The van der Waals surface area contributed by atoms with Crippen LogP contribution in [0.3, 0.4) is 0 Å². The lowest BCUT2D eigenvalue weighted by molar-refractivity contribution is 0.0527. The monoisotopic (exact) mass is 361 g/mol. The lowest BCUT2D eigenvalue weighted by Gasteiger charge is -2.09. The number of hydrogen-bond acceptors (Lipinski definition) is 8. The van der Waals surface area contributed by atoms with E-state index in [1.165, 1.54) is 0 Å². The summed E-state index contributed by atoms with van der Waals surface area (Å²) in [6.07, 6.45) is 0. The number of carbonyl (C=O) groups is 2. The van der Waals surface area contributed by atoms with E-state index in [1.807, 2.05) is 0 Å². The molecule has 0 unspecified atom stereocenters. The van der Waals surface area contributed by atoms with Gasteiger partial charge in [-0.05, 0) is 38.6 Å². The van der Waals surface area contributed by atoms with E-state index in [-0.39, 0.29) is 37.2 Å². The predicted molar refractivity (Wildman–Crippen MR) is 90.2 cm³/mol. The third-order valence-corrected chi connectivity index (χ3v) is 4.03. The zero-order valence-electron chi connectivity index (χ0n) is 13.1. The fraction of sp³-hybridized carbons (Fsp3) is 0.500. The molecule has 0 bridgehead atoms. The number of anilines is 1. The Bertz CT molecular complexity index is 584. The van der Waals surface area contributed by atoms with Crippen molar-refractivity contribution in [1.82, 2.24) is 0 Å². The molecular weight excluding hydrogens is 342 g/mol. The molecule has 0 aliphatic carbocycles. The highest BCUT2D eigenvalue weighted by atomic mass is 32.1. The Balaban J connectivity index is 3.14. The Morgan fingerprint density at radius 3 is 2.35 bits per heavy atom. The van der Waals surface area contributed by atoms with Gasteiger partial charge in [0.05, 0.1) is 25.4 Å². The first-order valence-corrected chi connectivity index (χ1v) is 8.20. The van der Waals surface area contributed by atoms with Gasteiger partial charge < -0.3 is 24.6 Å². The fourth-order valence-electron chi connectivity index (χ4n) is 1.71. The van der Waals surface area contributed by atoms with Crippen molar-refractivity contribution < 1.29 is 28.9 Å². The molecule has 128 valence electrons. The molecule has 0 aliphatic rings. The third-order valence-electron chi connectivity index (χ3n) is 2.63. The molecule has 0 radical (unpaired) electrons. The summed E-state index contributed by atoms with van der Waals surface area (Å²) in [7, 11) is 0. The average molecular weight is 361 g/mol. The van der Waals surface area contributed by atoms with Crippen molar-refractivity contribution in [3.05, 3.63) is 16.0 Å². The Morgan fingerprint density at radius 1 is 1.17 bits per heavy atom. The molecule has 2 N–H and O–H groups in total. The lowest BCUT2D eigenvalue weighted by atomic mass is 10.1. The molecule has 0 fully saturated rings. The van der Waals surface area contributed by atoms with Crippen LogP contribution in [0.15, 0.2) is 0 Å². The zero-order chi connectivity index (χ0) is 17.4. The van der Waals surface area contributed by atoms with Crippen LogP contribution in [0.5, 0.6) is 0 Å². The van der Waals surface area contributed by atoms with Crippen molar-refractivity contribution >= 4 is 45.7 Å². The highest BCUT2D eigenvalue weighted by Gasteiger charge is 2.26. The number of esters is 2. The highest BCUT2D eigenvalue weighted by molar-refractivity contribution is 7.80. The van der Waals surface area contributed by atoms with Gasteiger partial charge in [0.15, 0.2) is 0 Å². The van der Waals surface area contributed by atoms with Crippen LogP contribution in [-0.4, -0.2) is 48.6 Å². The molecule has 0 atom stereocenters. The minimum absolute atomic E-state index is 0.0127. The second kappa shape index (κ2) is 9.43. The second-order valence-corrected chi connectivity index (χ2v) is 5.58. The molecule has 0 aromatic carbocycles. The quantitative estimate of drug-likeness (QED) is 0.563. The van der Waals surface area contributed by atoms with Gasteiger partial charge in [-0.3, -0.25) is 0 Å². The van der Waals surface area contributed by atoms with Gasteiger partial charge in [-0.15, -0.1) is 11.3 Å². The van der Waals surface area contributed by atoms with Gasteiger partial charge >= 0.3 is 11.9 Å². The van der Waals surface area contributed by atoms with E-state index in [9.17, 15) is 9.59 Å². The number of aliphatic hydroxyl groups is 1. The Kier molecular flexibility index (Phi) is 7.93. The molecular formula is C14H19NO6S2. The van der Waals surface area contributed by atoms with E-state index < -0.39 is 11.9 Å². The van der Waals surface area contributed by atoms with Crippen molar-refractivity contribution in [3.8, 4) is 0 Å². The summed E-state index contributed by atoms with van der Waals surface area (Å²) in [6.45, 7) is 5.29. The van der Waals surface area contributed by atoms with Crippen molar-refractivity contribution in [2.75, 3.05) is 31.7 Å². The number of hydrogen-bond donors (Lipinski definition) is 2. The summed E-state index contributed by atoms with van der Waals surface area (Å²) in [4.78, 5) is 24.4. The Labute approximate surface area is 143 Å². The number of rotatable bonds is 7. The molecule has 0 saturated heterocycles. The summed E-state index contributed by atoms with van der Waals surface area (Å²) in [5, 5.41) is 11.8. The van der Waals surface area contributed by atoms with Crippen LogP contribution < -0.4 is 5.32 Å². The molecule has 0 saturated carbocycles. The average Bonchev–Trinajstić information content (AvgIpc) is 2.82. The van der Waals surface area contributed by atoms with Gasteiger partial charge in [-0.2, -0.15) is 0 Å². The van der Waals surface area contributed by atoms with Gasteiger partial charge in [0, 0.05) is 0 Å². The van der Waals surface area contributed by atoms with E-state index >= 15 is 0 Å². The van der Waals surface area contributed by atoms with Crippen LogP contribution in [0, 0.1) is 6.92 Å². The van der Waals surface area contributed by atoms with Gasteiger partial charge in [-0.25, -0.2) is 9.59 Å². The van der Waals surface area contributed by atoms with Crippen LogP contribution >= 0.6 is 23.6 Å². The number of nitrogens with one attached hydrogen (secondary N) is 1. The van der Waals surface area contributed by atoms with Crippen LogP contribution in [0.1, 0.15) is 39.4 Å². The Morgan fingerprint density at radius 2 is 1.78 bits per heavy atom. The molecule has 0 spiro atoms. The maximum absolute atomic E-state index is 12.1. The fourth-order valence-corrected chi connectivity index (χ4v) is 3.04. The maximum Gasteiger partial charge on any atom is 0.348 e. The maximum atomic E-state index is 12.1. The molecule has 9 heteroatoms. The van der Waals surface area contributed by atoms with E-state index in [0.717, 1.165) is 11.3 Å². The number of ether oxygens (including phenoxy) is 3. The van der Waals surface area contributed by atoms with Crippen molar-refractivity contribution in [2.45, 2.75) is 20.8 Å².